The van der Waals surface area contributed by atoms with Gasteiger partial charge in [0.2, 0.25) is 5.75 Å². The molecule has 110 valence electrons. The van der Waals surface area contributed by atoms with Gasteiger partial charge in [-0.25, -0.2) is 0 Å². The molecule has 20 heavy (non-hydrogen) atoms. The van der Waals surface area contributed by atoms with Crippen molar-refractivity contribution in [1.82, 2.24) is 0 Å². The number of carbonyl (C=O) groups is 1. The first-order chi connectivity index (χ1) is 9.56. The summed E-state index contributed by atoms with van der Waals surface area (Å²) in [6.45, 7) is 2.30. The van der Waals surface area contributed by atoms with Crippen molar-refractivity contribution < 1.29 is 24.5 Å². The van der Waals surface area contributed by atoms with Crippen LogP contribution in [0.4, 0.5) is 0 Å². The monoisotopic (exact) mass is 280 g/mol. The molecule has 0 saturated heterocycles. The fourth-order valence-electron chi connectivity index (χ4n) is 2.53. The zero-order valence-corrected chi connectivity index (χ0v) is 11.8. The van der Waals surface area contributed by atoms with Crippen LogP contribution in [0.25, 0.3) is 0 Å². The van der Waals surface area contributed by atoms with E-state index in [0.29, 0.717) is 24.0 Å². The minimum Gasteiger partial charge on any atom is -0.504 e. The Morgan fingerprint density at radius 3 is 2.65 bits per heavy atom. The third-order valence-electron chi connectivity index (χ3n) is 3.58. The summed E-state index contributed by atoms with van der Waals surface area (Å²) in [5.74, 6) is 0.220. The van der Waals surface area contributed by atoms with Gasteiger partial charge in [-0.15, -0.1) is 0 Å². The van der Waals surface area contributed by atoms with Crippen LogP contribution in [0, 0.1) is 5.92 Å². The van der Waals surface area contributed by atoms with Crippen LogP contribution in [0.3, 0.4) is 0 Å². The van der Waals surface area contributed by atoms with Crippen LogP contribution in [0.5, 0.6) is 17.2 Å². The predicted octanol–water partition coefficient (Wildman–Crippen LogP) is 2.77. The first-order valence-corrected chi connectivity index (χ1v) is 6.82. The zero-order chi connectivity index (χ0) is 14.7. The van der Waals surface area contributed by atoms with Crippen LogP contribution in [0.1, 0.15) is 37.7 Å². The quantitative estimate of drug-likeness (QED) is 0.803. The minimum absolute atomic E-state index is 0.00973. The molecule has 0 heterocycles. The van der Waals surface area contributed by atoms with E-state index in [1.807, 2.05) is 6.92 Å². The van der Waals surface area contributed by atoms with Gasteiger partial charge in [-0.1, -0.05) is 0 Å². The maximum atomic E-state index is 11.0. The normalized spacial score (nSPS) is 15.7. The lowest BCUT2D eigenvalue weighted by atomic mass is 9.90. The van der Waals surface area contributed by atoms with E-state index < -0.39 is 5.97 Å². The molecule has 0 radical (unpaired) electrons. The number of benzene rings is 1. The van der Waals surface area contributed by atoms with Crippen LogP contribution in [0.15, 0.2) is 12.1 Å². The van der Waals surface area contributed by atoms with Crippen molar-refractivity contribution in [2.24, 2.45) is 5.92 Å². The number of carboxylic acid groups (broad SMARTS) is 1. The number of hydrogen-bond acceptors (Lipinski definition) is 4. The molecule has 0 aliphatic heterocycles. The number of hydrogen-bond donors (Lipinski definition) is 2. The first kappa shape index (κ1) is 14.5. The number of carboxylic acids is 1. The smallest absolute Gasteiger partial charge is 0.303 e. The van der Waals surface area contributed by atoms with Gasteiger partial charge in [0, 0.05) is 0 Å². The summed E-state index contributed by atoms with van der Waals surface area (Å²) in [6.07, 6.45) is 2.14. The van der Waals surface area contributed by atoms with Crippen molar-refractivity contribution in [2.75, 3.05) is 13.7 Å². The van der Waals surface area contributed by atoms with Gasteiger partial charge in [0.25, 0.3) is 0 Å². The molecule has 2 N–H and O–H groups in total. The van der Waals surface area contributed by atoms with E-state index in [2.05, 4.69) is 0 Å². The Hall–Kier alpha value is -1.91. The maximum Gasteiger partial charge on any atom is 0.303 e. The maximum absolute atomic E-state index is 11.0. The standard InChI is InChI=1S/C15H20O5/c1-3-20-13-7-10(6-12(16)15(13)19-2)11(8-14(17)18)9-4-5-9/h6-7,9,11,16H,3-5,8H2,1-2H3,(H,17,18). The van der Waals surface area contributed by atoms with Gasteiger partial charge in [0.05, 0.1) is 20.1 Å². The Morgan fingerprint density at radius 1 is 1.45 bits per heavy atom. The largest absolute Gasteiger partial charge is 0.504 e. The second-order valence-corrected chi connectivity index (χ2v) is 5.05. The van der Waals surface area contributed by atoms with E-state index in [4.69, 9.17) is 14.6 Å². The summed E-state index contributed by atoms with van der Waals surface area (Å²) >= 11 is 0. The van der Waals surface area contributed by atoms with Gasteiger partial charge in [-0.3, -0.25) is 4.79 Å². The fraction of sp³-hybridized carbons (Fsp3) is 0.533. The third kappa shape index (κ3) is 3.15. The summed E-state index contributed by atoms with van der Waals surface area (Å²) in [6, 6.07) is 3.38. The molecule has 1 atom stereocenters. The highest BCUT2D eigenvalue weighted by atomic mass is 16.5. The Balaban J connectivity index is 2.36. The number of phenols is 1. The van der Waals surface area contributed by atoms with Gasteiger partial charge in [0.15, 0.2) is 11.5 Å². The molecule has 1 aromatic rings. The number of rotatable bonds is 7. The predicted molar refractivity (Wildman–Crippen MR) is 73.5 cm³/mol. The Labute approximate surface area is 118 Å². The molecule has 5 heteroatoms. The molecule has 5 nitrogen and oxygen atoms in total. The molecule has 0 amide bonds. The van der Waals surface area contributed by atoms with E-state index in [-0.39, 0.29) is 18.1 Å². The van der Waals surface area contributed by atoms with Crippen LogP contribution >= 0.6 is 0 Å². The topological polar surface area (TPSA) is 76.0 Å². The van der Waals surface area contributed by atoms with Crippen molar-refractivity contribution >= 4 is 5.97 Å². The molecule has 1 saturated carbocycles. The fourth-order valence-corrected chi connectivity index (χ4v) is 2.53. The number of aromatic hydroxyl groups is 1. The van der Waals surface area contributed by atoms with Gasteiger partial charge in [0.1, 0.15) is 0 Å². The molecule has 0 spiro atoms. The SMILES string of the molecule is CCOc1cc(C(CC(=O)O)C2CC2)cc(O)c1OC. The van der Waals surface area contributed by atoms with Gasteiger partial charge in [-0.05, 0) is 49.3 Å². The molecule has 1 aliphatic rings. The molecule has 1 fully saturated rings. The Bertz CT molecular complexity index is 493. The summed E-state index contributed by atoms with van der Waals surface area (Å²) in [4.78, 5) is 11.0. The molecular formula is C15H20O5. The zero-order valence-electron chi connectivity index (χ0n) is 11.8. The number of phenolic OH excluding ortho intramolecular Hbond substituents is 1. The highest BCUT2D eigenvalue weighted by molar-refractivity contribution is 5.68. The van der Waals surface area contributed by atoms with Crippen LogP contribution in [-0.4, -0.2) is 29.9 Å². The van der Waals surface area contributed by atoms with Crippen LogP contribution < -0.4 is 9.47 Å². The van der Waals surface area contributed by atoms with Crippen molar-refractivity contribution in [2.45, 2.75) is 32.1 Å². The summed E-state index contributed by atoms with van der Waals surface area (Å²) in [5, 5.41) is 19.1. The molecule has 0 bridgehead atoms. The summed E-state index contributed by atoms with van der Waals surface area (Å²) in [7, 11) is 1.47. The van der Waals surface area contributed by atoms with E-state index in [1.165, 1.54) is 7.11 Å². The van der Waals surface area contributed by atoms with Gasteiger partial charge >= 0.3 is 5.97 Å². The third-order valence-corrected chi connectivity index (χ3v) is 3.58. The molecule has 0 aromatic heterocycles. The highest BCUT2D eigenvalue weighted by Gasteiger charge is 2.34. The minimum atomic E-state index is -0.824. The van der Waals surface area contributed by atoms with Crippen LogP contribution in [-0.2, 0) is 4.79 Å². The lowest BCUT2D eigenvalue weighted by Crippen LogP contribution is -2.09. The van der Waals surface area contributed by atoms with Crippen molar-refractivity contribution in [1.29, 1.82) is 0 Å². The van der Waals surface area contributed by atoms with E-state index in [0.717, 1.165) is 18.4 Å². The number of aliphatic carboxylic acids is 1. The lowest BCUT2D eigenvalue weighted by molar-refractivity contribution is -0.137. The van der Waals surface area contributed by atoms with Gasteiger partial charge < -0.3 is 19.7 Å². The van der Waals surface area contributed by atoms with E-state index in [1.54, 1.807) is 12.1 Å². The molecule has 1 unspecified atom stereocenters. The highest BCUT2D eigenvalue weighted by Crippen LogP contribution is 2.48. The van der Waals surface area contributed by atoms with Crippen molar-refractivity contribution in [3.8, 4) is 17.2 Å². The van der Waals surface area contributed by atoms with E-state index in [9.17, 15) is 9.90 Å². The molecule has 1 aromatic carbocycles. The lowest BCUT2D eigenvalue weighted by Gasteiger charge is -2.18. The summed E-state index contributed by atoms with van der Waals surface area (Å²) < 4.78 is 10.6. The average molecular weight is 280 g/mol. The van der Waals surface area contributed by atoms with Gasteiger partial charge in [-0.2, -0.15) is 0 Å². The second-order valence-electron chi connectivity index (χ2n) is 5.05. The Morgan fingerprint density at radius 2 is 2.15 bits per heavy atom. The first-order valence-electron chi connectivity index (χ1n) is 6.82. The number of ether oxygens (including phenoxy) is 2. The number of methoxy groups -OCH3 is 1. The summed E-state index contributed by atoms with van der Waals surface area (Å²) in [5.41, 5.74) is 0.802. The average Bonchev–Trinajstić information content (AvgIpc) is 3.20. The second kappa shape index (κ2) is 6.03. The van der Waals surface area contributed by atoms with Crippen LogP contribution in [0.2, 0.25) is 0 Å². The molecular weight excluding hydrogens is 260 g/mol. The van der Waals surface area contributed by atoms with Crippen molar-refractivity contribution in [3.63, 3.8) is 0 Å². The molecule has 1 aliphatic carbocycles. The van der Waals surface area contributed by atoms with Crippen molar-refractivity contribution in [3.05, 3.63) is 17.7 Å². The van der Waals surface area contributed by atoms with E-state index >= 15 is 0 Å². The molecule has 2 rings (SSSR count). The Kier molecular flexibility index (Phi) is 4.37.